The van der Waals surface area contributed by atoms with Crippen LogP contribution in [0.15, 0.2) is 76.5 Å². The third-order valence-corrected chi connectivity index (χ3v) is 8.26. The van der Waals surface area contributed by atoms with Gasteiger partial charge in [-0.3, -0.25) is 0 Å². The Morgan fingerprint density at radius 1 is 0.972 bits per heavy atom. The lowest BCUT2D eigenvalue weighted by atomic mass is 10.1. The summed E-state index contributed by atoms with van der Waals surface area (Å²) in [5.41, 5.74) is 2.84. The second-order valence-corrected chi connectivity index (χ2v) is 11.4. The number of methoxy groups -OCH3 is 1. The predicted molar refractivity (Wildman–Crippen MR) is 143 cm³/mol. The van der Waals surface area contributed by atoms with Crippen LogP contribution in [0.2, 0.25) is 0 Å². The summed E-state index contributed by atoms with van der Waals surface area (Å²) >= 11 is 1.67. The zero-order valence-corrected chi connectivity index (χ0v) is 22.0. The maximum atomic E-state index is 12.7. The number of rotatable bonds is 14. The van der Waals surface area contributed by atoms with Gasteiger partial charge in [0, 0.05) is 17.2 Å². The van der Waals surface area contributed by atoms with Crippen molar-refractivity contribution in [1.29, 1.82) is 0 Å². The van der Waals surface area contributed by atoms with E-state index in [0.717, 1.165) is 39.6 Å². The summed E-state index contributed by atoms with van der Waals surface area (Å²) in [5.74, 6) is 1.25. The average Bonchev–Trinajstić information content (AvgIpc) is 2.87. The number of aliphatic carboxylic acids is 1. The van der Waals surface area contributed by atoms with Crippen molar-refractivity contribution in [2.24, 2.45) is 0 Å². The maximum absolute atomic E-state index is 12.7. The zero-order chi connectivity index (χ0) is 26.0. The van der Waals surface area contributed by atoms with Gasteiger partial charge in [0.15, 0.2) is 16.4 Å². The molecule has 0 spiro atoms. The standard InChI is InChI=1S/C27H31NO6S2/c1-20-18-24(10-13-26(20)34-19-27(29)30)35-16-15-28-14-3-17-36(31,32)25-11-6-22(7-12-25)21-4-8-23(33-2)9-5-21/h4-13,18,28H,3,14-17,19H2,1-2H3,(H,29,30). The van der Waals surface area contributed by atoms with Crippen LogP contribution in [0.4, 0.5) is 0 Å². The number of nitrogens with one attached hydrogen (secondary N) is 1. The third-order valence-electron chi connectivity index (χ3n) is 5.45. The number of carboxylic acids is 1. The quantitative estimate of drug-likeness (QED) is 0.229. The number of carboxylic acid groups (broad SMARTS) is 1. The second kappa shape index (κ2) is 13.3. The normalized spacial score (nSPS) is 11.3. The second-order valence-electron chi connectivity index (χ2n) is 8.13. The number of hydrogen-bond acceptors (Lipinski definition) is 7. The van der Waals surface area contributed by atoms with Crippen molar-refractivity contribution in [1.82, 2.24) is 5.32 Å². The lowest BCUT2D eigenvalue weighted by molar-refractivity contribution is -0.139. The predicted octanol–water partition coefficient (Wildman–Crippen LogP) is 4.68. The number of thioether (sulfide) groups is 1. The Bertz CT molecular complexity index is 1240. The molecule has 3 aromatic rings. The van der Waals surface area contributed by atoms with Crippen LogP contribution < -0.4 is 14.8 Å². The molecule has 0 unspecified atom stereocenters. The van der Waals surface area contributed by atoms with Crippen LogP contribution in [0.5, 0.6) is 11.5 Å². The summed E-state index contributed by atoms with van der Waals surface area (Å²) in [6, 6.07) is 20.3. The number of carbonyl (C=O) groups is 1. The molecule has 0 radical (unpaired) electrons. The minimum Gasteiger partial charge on any atom is -0.497 e. The molecular weight excluding hydrogens is 498 g/mol. The molecule has 192 valence electrons. The van der Waals surface area contributed by atoms with E-state index in [1.54, 1.807) is 37.1 Å². The van der Waals surface area contributed by atoms with E-state index < -0.39 is 15.8 Å². The number of sulfone groups is 1. The average molecular weight is 530 g/mol. The molecule has 9 heteroatoms. The summed E-state index contributed by atoms with van der Waals surface area (Å²) in [6.07, 6.45) is 0.530. The van der Waals surface area contributed by atoms with Gasteiger partial charge < -0.3 is 19.9 Å². The van der Waals surface area contributed by atoms with E-state index in [9.17, 15) is 13.2 Å². The van der Waals surface area contributed by atoms with Crippen LogP contribution in [0.1, 0.15) is 12.0 Å². The van der Waals surface area contributed by atoms with E-state index in [-0.39, 0.29) is 12.4 Å². The molecule has 3 rings (SSSR count). The van der Waals surface area contributed by atoms with Crippen LogP contribution in [0, 0.1) is 6.92 Å². The summed E-state index contributed by atoms with van der Waals surface area (Å²) in [4.78, 5) is 12.0. The minimum atomic E-state index is -3.34. The van der Waals surface area contributed by atoms with E-state index >= 15 is 0 Å². The molecule has 0 aromatic heterocycles. The van der Waals surface area contributed by atoms with Gasteiger partial charge in [0.05, 0.1) is 17.8 Å². The smallest absolute Gasteiger partial charge is 0.341 e. The molecule has 7 nitrogen and oxygen atoms in total. The fourth-order valence-corrected chi connectivity index (χ4v) is 5.74. The van der Waals surface area contributed by atoms with Crippen molar-refractivity contribution in [3.8, 4) is 22.6 Å². The first kappa shape index (κ1) is 27.6. The van der Waals surface area contributed by atoms with Crippen LogP contribution in [-0.4, -0.2) is 57.8 Å². The molecule has 0 heterocycles. The summed E-state index contributed by atoms with van der Waals surface area (Å²) in [6.45, 7) is 2.89. The molecule has 0 fully saturated rings. The SMILES string of the molecule is COc1ccc(-c2ccc(S(=O)(=O)CCCNCCSc3ccc(OCC(=O)O)c(C)c3)cc2)cc1. The van der Waals surface area contributed by atoms with Gasteiger partial charge in [-0.1, -0.05) is 24.3 Å². The van der Waals surface area contributed by atoms with Crippen molar-refractivity contribution < 1.29 is 27.8 Å². The molecule has 2 N–H and O–H groups in total. The van der Waals surface area contributed by atoms with E-state index in [4.69, 9.17) is 14.6 Å². The number of benzene rings is 3. The number of hydrogen-bond donors (Lipinski definition) is 2. The van der Waals surface area contributed by atoms with E-state index in [1.165, 1.54) is 0 Å². The van der Waals surface area contributed by atoms with Crippen molar-refractivity contribution in [2.45, 2.75) is 23.1 Å². The number of aryl methyl sites for hydroxylation is 1. The Balaban J connectivity index is 1.37. The first-order valence-electron chi connectivity index (χ1n) is 11.5. The van der Waals surface area contributed by atoms with Crippen LogP contribution >= 0.6 is 11.8 Å². The Hall–Kier alpha value is -3.01. The van der Waals surface area contributed by atoms with Crippen LogP contribution in [0.25, 0.3) is 11.1 Å². The van der Waals surface area contributed by atoms with Gasteiger partial charge in [-0.25, -0.2) is 13.2 Å². The lowest BCUT2D eigenvalue weighted by Gasteiger charge is -2.10. The van der Waals surface area contributed by atoms with Crippen LogP contribution in [-0.2, 0) is 14.6 Å². The topological polar surface area (TPSA) is 102 Å². The summed E-state index contributed by atoms with van der Waals surface area (Å²) in [7, 11) is -1.72. The Labute approximate surface area is 216 Å². The van der Waals surface area contributed by atoms with Gasteiger partial charge in [-0.2, -0.15) is 0 Å². The van der Waals surface area contributed by atoms with Crippen molar-refractivity contribution >= 4 is 27.6 Å². The highest BCUT2D eigenvalue weighted by molar-refractivity contribution is 7.99. The first-order chi connectivity index (χ1) is 17.3. The maximum Gasteiger partial charge on any atom is 0.341 e. The Kier molecular flexibility index (Phi) is 10.2. The van der Waals surface area contributed by atoms with Gasteiger partial charge in [0.25, 0.3) is 0 Å². The van der Waals surface area contributed by atoms with E-state index in [2.05, 4.69) is 5.32 Å². The monoisotopic (exact) mass is 529 g/mol. The fourth-order valence-electron chi connectivity index (χ4n) is 3.52. The van der Waals surface area contributed by atoms with Crippen LogP contribution in [0.3, 0.4) is 0 Å². The van der Waals surface area contributed by atoms with E-state index in [0.29, 0.717) is 23.6 Å². The largest absolute Gasteiger partial charge is 0.497 e. The summed E-state index contributed by atoms with van der Waals surface area (Å²) in [5, 5.41) is 12.0. The highest BCUT2D eigenvalue weighted by atomic mass is 32.2. The van der Waals surface area contributed by atoms with E-state index in [1.807, 2.05) is 55.5 Å². The molecule has 0 saturated heterocycles. The molecule has 0 saturated carbocycles. The molecule has 0 aliphatic carbocycles. The molecule has 0 aliphatic rings. The molecular formula is C27H31NO6S2. The van der Waals surface area contributed by atoms with Gasteiger partial charge in [0.1, 0.15) is 11.5 Å². The highest BCUT2D eigenvalue weighted by Crippen LogP contribution is 2.26. The van der Waals surface area contributed by atoms with Gasteiger partial charge in [-0.05, 0) is 79.0 Å². The van der Waals surface area contributed by atoms with Crippen molar-refractivity contribution in [3.63, 3.8) is 0 Å². The highest BCUT2D eigenvalue weighted by Gasteiger charge is 2.14. The lowest BCUT2D eigenvalue weighted by Crippen LogP contribution is -2.21. The molecule has 3 aromatic carbocycles. The molecule has 0 bridgehead atoms. The third kappa shape index (κ3) is 8.29. The first-order valence-corrected chi connectivity index (χ1v) is 14.2. The molecule has 36 heavy (non-hydrogen) atoms. The Morgan fingerprint density at radius 2 is 1.64 bits per heavy atom. The molecule has 0 amide bonds. The molecule has 0 aliphatic heterocycles. The van der Waals surface area contributed by atoms with Gasteiger partial charge >= 0.3 is 5.97 Å². The van der Waals surface area contributed by atoms with Gasteiger partial charge in [0.2, 0.25) is 0 Å². The molecule has 0 atom stereocenters. The Morgan fingerprint density at radius 3 is 2.25 bits per heavy atom. The minimum absolute atomic E-state index is 0.0893. The zero-order valence-electron chi connectivity index (χ0n) is 20.4. The summed E-state index contributed by atoms with van der Waals surface area (Å²) < 4.78 is 35.8. The fraction of sp³-hybridized carbons (Fsp3) is 0.296. The number of ether oxygens (including phenoxy) is 2. The van der Waals surface area contributed by atoms with Crippen molar-refractivity contribution in [3.05, 3.63) is 72.3 Å². The van der Waals surface area contributed by atoms with Crippen molar-refractivity contribution in [2.75, 3.05) is 38.3 Å². The van der Waals surface area contributed by atoms with Gasteiger partial charge in [-0.15, -0.1) is 11.8 Å².